The molecule has 1 N–H and O–H groups in total. The van der Waals surface area contributed by atoms with Crippen molar-refractivity contribution in [2.24, 2.45) is 0 Å². The van der Waals surface area contributed by atoms with E-state index >= 15 is 0 Å². The van der Waals surface area contributed by atoms with E-state index in [1.54, 1.807) is 12.4 Å². The van der Waals surface area contributed by atoms with Gasteiger partial charge in [-0.05, 0) is 38.9 Å². The highest BCUT2D eigenvalue weighted by molar-refractivity contribution is 5.78. The number of likely N-dealkylation sites (N-methyl/N-ethyl adjacent to an activating group) is 1. The Labute approximate surface area is 141 Å². The molecular formula is C17H23N5O2. The third-order valence-electron chi connectivity index (χ3n) is 4.47. The minimum atomic E-state index is -0.322. The van der Waals surface area contributed by atoms with Gasteiger partial charge in [-0.15, -0.1) is 0 Å². The predicted molar refractivity (Wildman–Crippen MR) is 89.0 cm³/mol. The van der Waals surface area contributed by atoms with Crippen molar-refractivity contribution in [1.82, 2.24) is 25.3 Å². The number of pyridine rings is 1. The molecule has 1 aliphatic rings. The fourth-order valence-corrected chi connectivity index (χ4v) is 3.08. The molecule has 0 saturated heterocycles. The topological polar surface area (TPSA) is 84.2 Å². The molecule has 0 radical (unpaired) electrons. The third kappa shape index (κ3) is 3.97. The van der Waals surface area contributed by atoms with Gasteiger partial charge in [0, 0.05) is 24.0 Å². The Balaban J connectivity index is 1.55. The van der Waals surface area contributed by atoms with Crippen molar-refractivity contribution in [2.75, 3.05) is 13.6 Å². The molecule has 1 amide bonds. The van der Waals surface area contributed by atoms with Gasteiger partial charge >= 0.3 is 0 Å². The largest absolute Gasteiger partial charge is 0.343 e. The molecule has 3 rings (SSSR count). The van der Waals surface area contributed by atoms with E-state index in [-0.39, 0.29) is 11.9 Å². The number of aromatic nitrogens is 3. The maximum Gasteiger partial charge on any atom is 0.249 e. The highest BCUT2D eigenvalue weighted by Crippen LogP contribution is 2.22. The van der Waals surface area contributed by atoms with Crippen LogP contribution in [0.2, 0.25) is 0 Å². The van der Waals surface area contributed by atoms with Crippen molar-refractivity contribution in [1.29, 1.82) is 0 Å². The van der Waals surface area contributed by atoms with Gasteiger partial charge in [-0.3, -0.25) is 14.7 Å². The van der Waals surface area contributed by atoms with Crippen LogP contribution in [0, 0.1) is 0 Å². The van der Waals surface area contributed by atoms with Gasteiger partial charge in [-0.2, -0.15) is 4.98 Å². The summed E-state index contributed by atoms with van der Waals surface area (Å²) < 4.78 is 5.28. The van der Waals surface area contributed by atoms with Crippen molar-refractivity contribution >= 4 is 5.91 Å². The first-order valence-electron chi connectivity index (χ1n) is 8.37. The van der Waals surface area contributed by atoms with Crippen molar-refractivity contribution in [3.63, 3.8) is 0 Å². The van der Waals surface area contributed by atoms with E-state index in [0.717, 1.165) is 5.56 Å². The highest BCUT2D eigenvalue weighted by Gasteiger charge is 2.23. The summed E-state index contributed by atoms with van der Waals surface area (Å²) in [6.07, 6.45) is 8.22. The van der Waals surface area contributed by atoms with Crippen molar-refractivity contribution in [3.05, 3.63) is 30.4 Å². The van der Waals surface area contributed by atoms with Crippen LogP contribution in [0.15, 0.2) is 29.0 Å². The van der Waals surface area contributed by atoms with Gasteiger partial charge in [-0.1, -0.05) is 18.0 Å². The van der Waals surface area contributed by atoms with Gasteiger partial charge < -0.3 is 9.84 Å². The molecule has 0 aromatic carbocycles. The lowest BCUT2D eigenvalue weighted by molar-refractivity contribution is -0.123. The minimum Gasteiger partial charge on any atom is -0.343 e. The van der Waals surface area contributed by atoms with Crippen LogP contribution in [0.1, 0.15) is 44.5 Å². The van der Waals surface area contributed by atoms with Gasteiger partial charge in [0.05, 0.1) is 6.54 Å². The van der Waals surface area contributed by atoms with Gasteiger partial charge in [0.15, 0.2) is 0 Å². The second-order valence-electron chi connectivity index (χ2n) is 6.33. The fraction of sp³-hybridized carbons (Fsp3) is 0.529. The molecule has 1 saturated carbocycles. The quantitative estimate of drug-likeness (QED) is 0.874. The van der Waals surface area contributed by atoms with Crippen LogP contribution in [0.3, 0.4) is 0 Å². The number of carbonyl (C=O) groups excluding carboxylic acids is 1. The van der Waals surface area contributed by atoms with Crippen molar-refractivity contribution in [3.8, 4) is 11.4 Å². The Kier molecular flexibility index (Phi) is 5.20. The maximum absolute atomic E-state index is 12.2. The number of nitrogens with one attached hydrogen (secondary N) is 1. The summed E-state index contributed by atoms with van der Waals surface area (Å²) >= 11 is 0. The van der Waals surface area contributed by atoms with E-state index in [0.29, 0.717) is 24.3 Å². The molecule has 7 heteroatoms. The molecule has 2 aromatic heterocycles. The molecule has 0 aliphatic heterocycles. The zero-order valence-electron chi connectivity index (χ0n) is 14.1. The Bertz CT molecular complexity index is 667. The zero-order valence-corrected chi connectivity index (χ0v) is 14.1. The molecule has 24 heavy (non-hydrogen) atoms. The van der Waals surface area contributed by atoms with E-state index in [2.05, 4.69) is 25.3 Å². The summed E-state index contributed by atoms with van der Waals surface area (Å²) in [5.41, 5.74) is 0.833. The SMILES string of the molecule is CC(NC(=O)CN(C)C1CCCC1)c1nc(-c2ccncc2)no1. The van der Waals surface area contributed by atoms with Crippen LogP contribution in [0.5, 0.6) is 0 Å². The summed E-state index contributed by atoms with van der Waals surface area (Å²) in [7, 11) is 2.01. The van der Waals surface area contributed by atoms with E-state index in [1.807, 2.05) is 26.1 Å². The van der Waals surface area contributed by atoms with Crippen LogP contribution >= 0.6 is 0 Å². The number of hydrogen-bond donors (Lipinski definition) is 1. The van der Waals surface area contributed by atoms with Crippen molar-refractivity contribution < 1.29 is 9.32 Å². The van der Waals surface area contributed by atoms with E-state index in [1.165, 1.54) is 25.7 Å². The predicted octanol–water partition coefficient (Wildman–Crippen LogP) is 2.18. The monoisotopic (exact) mass is 329 g/mol. The molecular weight excluding hydrogens is 306 g/mol. The average Bonchev–Trinajstić information content (AvgIpc) is 3.27. The average molecular weight is 329 g/mol. The molecule has 128 valence electrons. The van der Waals surface area contributed by atoms with E-state index in [4.69, 9.17) is 4.52 Å². The van der Waals surface area contributed by atoms with E-state index < -0.39 is 0 Å². The number of carbonyl (C=O) groups is 1. The number of hydrogen-bond acceptors (Lipinski definition) is 6. The van der Waals surface area contributed by atoms with Crippen LogP contribution in [0.25, 0.3) is 11.4 Å². The van der Waals surface area contributed by atoms with Crippen LogP contribution in [-0.4, -0.2) is 45.6 Å². The molecule has 2 heterocycles. The second-order valence-corrected chi connectivity index (χ2v) is 6.33. The fourth-order valence-electron chi connectivity index (χ4n) is 3.08. The molecule has 1 fully saturated rings. The first kappa shape index (κ1) is 16.6. The zero-order chi connectivity index (χ0) is 16.9. The molecule has 0 spiro atoms. The van der Waals surface area contributed by atoms with Gasteiger partial charge in [0.1, 0.15) is 6.04 Å². The second kappa shape index (κ2) is 7.53. The third-order valence-corrected chi connectivity index (χ3v) is 4.47. The minimum absolute atomic E-state index is 0.0273. The van der Waals surface area contributed by atoms with Crippen LogP contribution in [0.4, 0.5) is 0 Å². The molecule has 1 atom stereocenters. The summed E-state index contributed by atoms with van der Waals surface area (Å²) in [5.74, 6) is 0.871. The van der Waals surface area contributed by atoms with Crippen molar-refractivity contribution in [2.45, 2.75) is 44.7 Å². The van der Waals surface area contributed by atoms with Crippen LogP contribution in [-0.2, 0) is 4.79 Å². The Morgan fingerprint density at radius 1 is 1.38 bits per heavy atom. The molecule has 1 unspecified atom stereocenters. The van der Waals surface area contributed by atoms with Gasteiger partial charge in [0.2, 0.25) is 17.6 Å². The maximum atomic E-state index is 12.2. The van der Waals surface area contributed by atoms with E-state index in [9.17, 15) is 4.79 Å². The lowest BCUT2D eigenvalue weighted by Crippen LogP contribution is -2.40. The lowest BCUT2D eigenvalue weighted by atomic mass is 10.2. The first-order valence-corrected chi connectivity index (χ1v) is 8.37. The summed E-state index contributed by atoms with van der Waals surface area (Å²) in [5, 5.41) is 6.89. The lowest BCUT2D eigenvalue weighted by Gasteiger charge is -2.23. The van der Waals surface area contributed by atoms with Crippen LogP contribution < -0.4 is 5.32 Å². The highest BCUT2D eigenvalue weighted by atomic mass is 16.5. The molecule has 1 aliphatic carbocycles. The Hall–Kier alpha value is -2.28. The summed E-state index contributed by atoms with van der Waals surface area (Å²) in [4.78, 5) is 22.7. The smallest absolute Gasteiger partial charge is 0.249 e. The summed E-state index contributed by atoms with van der Waals surface area (Å²) in [6.45, 7) is 2.23. The normalized spacial score (nSPS) is 16.5. The van der Waals surface area contributed by atoms with Gasteiger partial charge in [-0.25, -0.2) is 0 Å². The molecule has 7 nitrogen and oxygen atoms in total. The standard InChI is InChI=1S/C17H23N5O2/c1-12(19-15(23)11-22(2)14-5-3-4-6-14)17-20-16(21-24-17)13-7-9-18-10-8-13/h7-10,12,14H,3-6,11H2,1-2H3,(H,19,23). The molecule has 0 bridgehead atoms. The number of nitrogens with zero attached hydrogens (tertiary/aromatic N) is 4. The number of rotatable bonds is 6. The Morgan fingerprint density at radius 3 is 2.79 bits per heavy atom. The van der Waals surface area contributed by atoms with Gasteiger partial charge in [0.25, 0.3) is 0 Å². The Morgan fingerprint density at radius 2 is 2.08 bits per heavy atom. The molecule has 2 aromatic rings. The number of amides is 1. The first-order chi connectivity index (χ1) is 11.6. The summed E-state index contributed by atoms with van der Waals surface area (Å²) in [6, 6.07) is 3.83.